The van der Waals surface area contributed by atoms with Crippen molar-refractivity contribution in [2.45, 2.75) is 39.0 Å². The molecule has 0 spiro atoms. The maximum Gasteiger partial charge on any atom is 0.252 e. The Morgan fingerprint density at radius 3 is 2.88 bits per heavy atom. The van der Waals surface area contributed by atoms with Crippen molar-refractivity contribution in [3.63, 3.8) is 0 Å². The molecule has 1 saturated heterocycles. The molecule has 0 radical (unpaired) electrons. The number of benzene rings is 1. The number of nitrogens with one attached hydrogen (secondary N) is 1. The van der Waals surface area contributed by atoms with Crippen molar-refractivity contribution in [2.75, 3.05) is 18.7 Å². The minimum absolute atomic E-state index is 0.00341. The minimum atomic E-state index is 0.00341. The predicted octanol–water partition coefficient (Wildman–Crippen LogP) is 2.68. The fourth-order valence-corrected chi connectivity index (χ4v) is 3.31. The third-order valence-electron chi connectivity index (χ3n) is 4.68. The van der Waals surface area contributed by atoms with Crippen molar-refractivity contribution in [3.8, 4) is 11.5 Å². The van der Waals surface area contributed by atoms with Gasteiger partial charge in [0.25, 0.3) is 5.56 Å². The van der Waals surface area contributed by atoms with Gasteiger partial charge in [-0.25, -0.2) is 0 Å². The van der Waals surface area contributed by atoms with Gasteiger partial charge in [0.05, 0.1) is 12.6 Å². The molecule has 1 aromatic carbocycles. The van der Waals surface area contributed by atoms with Gasteiger partial charge in [0.2, 0.25) is 6.79 Å². The first-order valence-corrected chi connectivity index (χ1v) is 8.64. The minimum Gasteiger partial charge on any atom is -0.454 e. The highest BCUT2D eigenvalue weighted by atomic mass is 16.7. The zero-order valence-electron chi connectivity index (χ0n) is 14.3. The highest BCUT2D eigenvalue weighted by molar-refractivity contribution is 5.47. The Morgan fingerprint density at radius 1 is 1.20 bits per heavy atom. The van der Waals surface area contributed by atoms with E-state index < -0.39 is 0 Å². The monoisotopic (exact) mass is 342 g/mol. The topological polar surface area (TPSA) is 61.7 Å². The van der Waals surface area contributed by atoms with Crippen LogP contribution in [0.2, 0.25) is 0 Å². The molecule has 1 unspecified atom stereocenters. The Balaban J connectivity index is 1.45. The number of aryl methyl sites for hydroxylation is 1. The third-order valence-corrected chi connectivity index (χ3v) is 4.68. The molecule has 25 heavy (non-hydrogen) atoms. The lowest BCUT2D eigenvalue weighted by atomic mass is 10.2. The van der Waals surface area contributed by atoms with Gasteiger partial charge in [-0.05, 0) is 43.5 Å². The number of nitrogens with zero attached hydrogens (tertiary/aromatic N) is 1. The summed E-state index contributed by atoms with van der Waals surface area (Å²) in [4.78, 5) is 12.4. The Kier molecular flexibility index (Phi) is 4.36. The van der Waals surface area contributed by atoms with E-state index in [-0.39, 0.29) is 18.5 Å². The largest absolute Gasteiger partial charge is 0.454 e. The van der Waals surface area contributed by atoms with Gasteiger partial charge in [-0.3, -0.25) is 4.79 Å². The molecule has 0 bridgehead atoms. The van der Waals surface area contributed by atoms with Gasteiger partial charge < -0.3 is 24.1 Å². The van der Waals surface area contributed by atoms with E-state index in [4.69, 9.17) is 14.2 Å². The lowest BCUT2D eigenvalue weighted by Gasteiger charge is -2.16. The lowest BCUT2D eigenvalue weighted by molar-refractivity contribution is 0.0956. The van der Waals surface area contributed by atoms with Gasteiger partial charge in [0.1, 0.15) is 0 Å². The summed E-state index contributed by atoms with van der Waals surface area (Å²) in [6, 6.07) is 9.51. The number of hydrogen-bond acceptors (Lipinski definition) is 5. The molecule has 2 aliphatic heterocycles. The number of hydrogen-bond donors (Lipinski definition) is 1. The van der Waals surface area contributed by atoms with Crippen LogP contribution in [0, 0.1) is 6.92 Å². The highest BCUT2D eigenvalue weighted by Gasteiger charge is 2.17. The Hall–Kier alpha value is -2.47. The first-order valence-electron chi connectivity index (χ1n) is 8.64. The van der Waals surface area contributed by atoms with E-state index in [9.17, 15) is 4.79 Å². The second-order valence-corrected chi connectivity index (χ2v) is 6.51. The fraction of sp³-hybridized carbons (Fsp3) is 0.421. The second-order valence-electron chi connectivity index (χ2n) is 6.51. The summed E-state index contributed by atoms with van der Waals surface area (Å²) in [6.07, 6.45) is 2.26. The van der Waals surface area contributed by atoms with Crippen molar-refractivity contribution in [1.29, 1.82) is 0 Å². The highest BCUT2D eigenvalue weighted by Crippen LogP contribution is 2.32. The zero-order chi connectivity index (χ0) is 17.2. The first-order chi connectivity index (χ1) is 12.2. The van der Waals surface area contributed by atoms with Crippen LogP contribution in [0.1, 0.15) is 24.1 Å². The Morgan fingerprint density at radius 2 is 2.08 bits per heavy atom. The normalized spacial score (nSPS) is 18.5. The summed E-state index contributed by atoms with van der Waals surface area (Å²) in [5.74, 6) is 1.54. The van der Waals surface area contributed by atoms with E-state index >= 15 is 0 Å². The Bertz CT molecular complexity index is 825. The van der Waals surface area contributed by atoms with Crippen molar-refractivity contribution in [2.24, 2.45) is 0 Å². The molecular weight excluding hydrogens is 320 g/mol. The van der Waals surface area contributed by atoms with Crippen LogP contribution in [0.3, 0.4) is 0 Å². The summed E-state index contributed by atoms with van der Waals surface area (Å²) >= 11 is 0. The van der Waals surface area contributed by atoms with Crippen molar-refractivity contribution >= 4 is 5.69 Å². The van der Waals surface area contributed by atoms with E-state index in [0.29, 0.717) is 13.1 Å². The molecule has 1 N–H and O–H groups in total. The summed E-state index contributed by atoms with van der Waals surface area (Å²) in [7, 11) is 0. The number of rotatable bonds is 5. The van der Waals surface area contributed by atoms with E-state index in [0.717, 1.165) is 47.9 Å². The van der Waals surface area contributed by atoms with Crippen LogP contribution in [0.4, 0.5) is 5.69 Å². The summed E-state index contributed by atoms with van der Waals surface area (Å²) in [6.45, 7) is 4.28. The van der Waals surface area contributed by atoms with E-state index in [2.05, 4.69) is 5.32 Å². The predicted molar refractivity (Wildman–Crippen MR) is 94.3 cm³/mol. The Labute approximate surface area is 146 Å². The molecule has 0 amide bonds. The lowest BCUT2D eigenvalue weighted by Crippen LogP contribution is -2.28. The van der Waals surface area contributed by atoms with Crippen LogP contribution < -0.4 is 20.3 Å². The molecular formula is C19H22N2O4. The molecule has 4 rings (SSSR count). The number of anilines is 1. The van der Waals surface area contributed by atoms with Crippen LogP contribution in [-0.4, -0.2) is 24.1 Å². The van der Waals surface area contributed by atoms with Gasteiger partial charge in [-0.15, -0.1) is 0 Å². The van der Waals surface area contributed by atoms with E-state index in [1.807, 2.05) is 31.2 Å². The molecule has 3 heterocycles. The van der Waals surface area contributed by atoms with Gasteiger partial charge in [0, 0.05) is 30.6 Å². The van der Waals surface area contributed by atoms with Crippen LogP contribution in [0.5, 0.6) is 11.5 Å². The summed E-state index contributed by atoms with van der Waals surface area (Å²) in [5, 5.41) is 3.31. The van der Waals surface area contributed by atoms with Crippen molar-refractivity contribution in [1.82, 2.24) is 4.57 Å². The SMILES string of the molecule is Cc1cc(NCc2ccc3c(c2)OCO3)cc(=O)n1CC1CCCO1. The fourth-order valence-electron chi connectivity index (χ4n) is 3.31. The van der Waals surface area contributed by atoms with Crippen LogP contribution in [-0.2, 0) is 17.8 Å². The first kappa shape index (κ1) is 16.0. The number of ether oxygens (including phenoxy) is 3. The number of pyridine rings is 1. The van der Waals surface area contributed by atoms with E-state index in [1.54, 1.807) is 10.6 Å². The molecule has 2 aliphatic rings. The maximum absolute atomic E-state index is 12.4. The molecule has 0 saturated carbocycles. The van der Waals surface area contributed by atoms with Crippen LogP contribution >= 0.6 is 0 Å². The van der Waals surface area contributed by atoms with Gasteiger partial charge in [-0.2, -0.15) is 0 Å². The quantitative estimate of drug-likeness (QED) is 0.905. The summed E-state index contributed by atoms with van der Waals surface area (Å²) in [5.41, 5.74) is 2.84. The molecule has 1 atom stereocenters. The molecule has 6 heteroatoms. The molecule has 1 fully saturated rings. The third kappa shape index (κ3) is 3.49. The van der Waals surface area contributed by atoms with Gasteiger partial charge in [-0.1, -0.05) is 6.07 Å². The van der Waals surface area contributed by atoms with E-state index in [1.165, 1.54) is 0 Å². The average Bonchev–Trinajstić information content (AvgIpc) is 3.27. The standard InChI is InChI=1S/C19H22N2O4/c1-13-7-15(9-19(22)21(13)11-16-3-2-6-23-16)20-10-14-4-5-17-18(8-14)25-12-24-17/h4-5,7-9,16,20H,2-3,6,10-12H2,1H3. The van der Waals surface area contributed by atoms with Crippen LogP contribution in [0.15, 0.2) is 35.1 Å². The van der Waals surface area contributed by atoms with Gasteiger partial charge >= 0.3 is 0 Å². The molecule has 132 valence electrons. The zero-order valence-corrected chi connectivity index (χ0v) is 14.3. The van der Waals surface area contributed by atoms with Crippen LogP contribution in [0.25, 0.3) is 0 Å². The smallest absolute Gasteiger partial charge is 0.252 e. The molecule has 2 aromatic rings. The average molecular weight is 342 g/mol. The summed E-state index contributed by atoms with van der Waals surface area (Å²) < 4.78 is 18.1. The number of fused-ring (bicyclic) bond motifs is 1. The van der Waals surface area contributed by atoms with Gasteiger partial charge in [0.15, 0.2) is 11.5 Å². The maximum atomic E-state index is 12.4. The van der Waals surface area contributed by atoms with Crippen molar-refractivity contribution < 1.29 is 14.2 Å². The molecule has 1 aromatic heterocycles. The molecule has 0 aliphatic carbocycles. The molecule has 6 nitrogen and oxygen atoms in total. The number of aromatic nitrogens is 1. The van der Waals surface area contributed by atoms with Crippen molar-refractivity contribution in [3.05, 3.63) is 51.9 Å². The second kappa shape index (κ2) is 6.80.